The van der Waals surface area contributed by atoms with Gasteiger partial charge in [-0.1, -0.05) is 72.4 Å². The fourth-order valence-electron chi connectivity index (χ4n) is 3.80. The number of amides is 1. The highest BCUT2D eigenvalue weighted by Crippen LogP contribution is 2.36. The molecule has 4 aromatic rings. The molecule has 1 aromatic heterocycles. The van der Waals surface area contributed by atoms with Crippen LogP contribution in [-0.2, 0) is 11.3 Å². The van der Waals surface area contributed by atoms with Crippen LogP contribution < -0.4 is 14.8 Å². The molecule has 5 rings (SSSR count). The molecule has 0 fully saturated rings. The van der Waals surface area contributed by atoms with Gasteiger partial charge in [-0.05, 0) is 35.4 Å². The lowest BCUT2D eigenvalue weighted by Crippen LogP contribution is -2.25. The van der Waals surface area contributed by atoms with E-state index in [1.54, 1.807) is 6.08 Å². The van der Waals surface area contributed by atoms with Crippen LogP contribution in [0.15, 0.2) is 96.7 Å². The van der Waals surface area contributed by atoms with Gasteiger partial charge in [-0.25, -0.2) is 0 Å². The highest BCUT2D eigenvalue weighted by Gasteiger charge is 2.28. The SMILES string of the molecule is C=CCn1c(SCC(=O)Nc2ccc(-c3ccccc3)cc2)nnc1[C@H]1COc2ccccc2O1. The highest BCUT2D eigenvalue weighted by molar-refractivity contribution is 7.99. The molecule has 0 saturated heterocycles. The van der Waals surface area contributed by atoms with Gasteiger partial charge in [-0.3, -0.25) is 9.36 Å². The van der Waals surface area contributed by atoms with Crippen LogP contribution >= 0.6 is 11.8 Å². The summed E-state index contributed by atoms with van der Waals surface area (Å²) in [6.07, 6.45) is 1.37. The van der Waals surface area contributed by atoms with Crippen molar-refractivity contribution < 1.29 is 14.3 Å². The molecule has 0 aliphatic carbocycles. The smallest absolute Gasteiger partial charge is 0.234 e. The number of nitrogens with one attached hydrogen (secondary N) is 1. The number of nitrogens with zero attached hydrogens (tertiary/aromatic N) is 3. The normalized spacial score (nSPS) is 14.3. The summed E-state index contributed by atoms with van der Waals surface area (Å²) in [5.74, 6) is 2.09. The number of hydrogen-bond acceptors (Lipinski definition) is 6. The highest BCUT2D eigenvalue weighted by atomic mass is 32.2. The van der Waals surface area contributed by atoms with Crippen molar-refractivity contribution in [2.75, 3.05) is 17.7 Å². The van der Waals surface area contributed by atoms with Crippen LogP contribution in [0.2, 0.25) is 0 Å². The van der Waals surface area contributed by atoms with Crippen molar-refractivity contribution in [1.29, 1.82) is 0 Å². The molecule has 0 radical (unpaired) electrons. The molecule has 1 atom stereocenters. The Morgan fingerprint density at radius 3 is 2.49 bits per heavy atom. The van der Waals surface area contributed by atoms with Gasteiger partial charge in [-0.15, -0.1) is 16.8 Å². The zero-order valence-electron chi connectivity index (χ0n) is 19.0. The molecule has 1 aliphatic rings. The Kier molecular flexibility index (Phi) is 6.81. The number of carbonyl (C=O) groups excluding carboxylic acids is 1. The predicted molar refractivity (Wildman–Crippen MR) is 137 cm³/mol. The fourth-order valence-corrected chi connectivity index (χ4v) is 4.55. The Morgan fingerprint density at radius 2 is 1.71 bits per heavy atom. The molecule has 176 valence electrons. The number of fused-ring (bicyclic) bond motifs is 1. The van der Waals surface area contributed by atoms with Gasteiger partial charge in [0.1, 0.15) is 6.61 Å². The predicted octanol–water partition coefficient (Wildman–Crippen LogP) is 5.37. The Morgan fingerprint density at radius 1 is 1.00 bits per heavy atom. The second kappa shape index (κ2) is 10.5. The summed E-state index contributed by atoms with van der Waals surface area (Å²) in [6, 6.07) is 25.4. The molecule has 2 heterocycles. The molecule has 0 bridgehead atoms. The van der Waals surface area contributed by atoms with Crippen molar-refractivity contribution in [2.24, 2.45) is 0 Å². The van der Waals surface area contributed by atoms with Crippen molar-refractivity contribution >= 4 is 23.4 Å². The van der Waals surface area contributed by atoms with Crippen LogP contribution in [0.5, 0.6) is 11.5 Å². The standard InChI is InChI=1S/C27H24N4O3S/c1-2-16-31-26(24-17-33-22-10-6-7-11-23(22)34-24)29-30-27(31)35-18-25(32)28-21-14-12-20(13-15-21)19-8-4-3-5-9-19/h2-15,24H,1,16-18H2,(H,28,32)/t24-/m1/s1. The summed E-state index contributed by atoms with van der Waals surface area (Å²) in [6.45, 7) is 4.67. The van der Waals surface area contributed by atoms with E-state index in [-0.39, 0.29) is 11.7 Å². The van der Waals surface area contributed by atoms with Gasteiger partial charge in [0.05, 0.1) is 5.75 Å². The van der Waals surface area contributed by atoms with E-state index < -0.39 is 6.10 Å². The van der Waals surface area contributed by atoms with E-state index in [1.807, 2.05) is 71.3 Å². The molecule has 0 saturated carbocycles. The number of aromatic nitrogens is 3. The van der Waals surface area contributed by atoms with E-state index in [4.69, 9.17) is 9.47 Å². The maximum atomic E-state index is 12.6. The van der Waals surface area contributed by atoms with E-state index in [0.717, 1.165) is 16.8 Å². The Bertz CT molecular complexity index is 1320. The van der Waals surface area contributed by atoms with Gasteiger partial charge in [0, 0.05) is 12.2 Å². The first-order valence-corrected chi connectivity index (χ1v) is 12.2. The van der Waals surface area contributed by atoms with Crippen LogP contribution in [-0.4, -0.2) is 33.0 Å². The van der Waals surface area contributed by atoms with Crippen LogP contribution in [0, 0.1) is 0 Å². The summed E-state index contributed by atoms with van der Waals surface area (Å²) in [5.41, 5.74) is 2.98. The third-order valence-electron chi connectivity index (χ3n) is 5.46. The summed E-state index contributed by atoms with van der Waals surface area (Å²) in [7, 11) is 0. The number of ether oxygens (including phenoxy) is 2. The first-order valence-electron chi connectivity index (χ1n) is 11.2. The van der Waals surface area contributed by atoms with E-state index in [0.29, 0.717) is 35.6 Å². The quantitative estimate of drug-likeness (QED) is 0.267. The number of allylic oxidation sites excluding steroid dienone is 1. The maximum Gasteiger partial charge on any atom is 0.234 e. The average Bonchev–Trinajstić information content (AvgIpc) is 3.31. The first-order chi connectivity index (χ1) is 17.2. The van der Waals surface area contributed by atoms with Crippen molar-refractivity contribution in [2.45, 2.75) is 17.8 Å². The number of benzene rings is 3. The number of hydrogen-bond donors (Lipinski definition) is 1. The van der Waals surface area contributed by atoms with Crippen molar-refractivity contribution in [3.8, 4) is 22.6 Å². The zero-order chi connectivity index (χ0) is 24.0. The Balaban J connectivity index is 1.22. The van der Waals surface area contributed by atoms with E-state index in [2.05, 4.69) is 34.2 Å². The third-order valence-corrected chi connectivity index (χ3v) is 6.43. The number of anilines is 1. The molecular weight excluding hydrogens is 460 g/mol. The fraction of sp³-hybridized carbons (Fsp3) is 0.148. The topological polar surface area (TPSA) is 78.3 Å². The minimum Gasteiger partial charge on any atom is -0.485 e. The summed E-state index contributed by atoms with van der Waals surface area (Å²) in [4.78, 5) is 12.6. The van der Waals surface area contributed by atoms with Gasteiger partial charge in [0.2, 0.25) is 5.91 Å². The van der Waals surface area contributed by atoms with Crippen molar-refractivity contribution in [1.82, 2.24) is 14.8 Å². The second-order valence-electron chi connectivity index (χ2n) is 7.88. The monoisotopic (exact) mass is 484 g/mol. The van der Waals surface area contributed by atoms with Crippen LogP contribution in [0.3, 0.4) is 0 Å². The van der Waals surface area contributed by atoms with Gasteiger partial charge in [-0.2, -0.15) is 0 Å². The van der Waals surface area contributed by atoms with Gasteiger partial charge in [0.25, 0.3) is 0 Å². The van der Waals surface area contributed by atoms with Crippen molar-refractivity contribution in [3.63, 3.8) is 0 Å². The molecule has 35 heavy (non-hydrogen) atoms. The molecular formula is C27H24N4O3S. The van der Waals surface area contributed by atoms with E-state index in [1.165, 1.54) is 11.8 Å². The lowest BCUT2D eigenvalue weighted by atomic mass is 10.1. The molecule has 8 heteroatoms. The van der Waals surface area contributed by atoms with Crippen LogP contribution in [0.25, 0.3) is 11.1 Å². The Hall–Kier alpha value is -4.04. The minimum absolute atomic E-state index is 0.122. The minimum atomic E-state index is -0.399. The largest absolute Gasteiger partial charge is 0.485 e. The summed E-state index contributed by atoms with van der Waals surface area (Å²) >= 11 is 1.32. The lowest BCUT2D eigenvalue weighted by molar-refractivity contribution is -0.113. The number of rotatable bonds is 8. The van der Waals surface area contributed by atoms with Crippen molar-refractivity contribution in [3.05, 3.63) is 97.3 Å². The molecule has 0 unspecified atom stereocenters. The molecule has 3 aromatic carbocycles. The lowest BCUT2D eigenvalue weighted by Gasteiger charge is -2.26. The molecule has 1 amide bonds. The molecule has 1 aliphatic heterocycles. The molecule has 1 N–H and O–H groups in total. The summed E-state index contributed by atoms with van der Waals surface area (Å²) in [5, 5.41) is 12.2. The Labute approximate surface area is 207 Å². The van der Waals surface area contributed by atoms with Crippen LogP contribution in [0.4, 0.5) is 5.69 Å². The molecule has 0 spiro atoms. The average molecular weight is 485 g/mol. The van der Waals surface area contributed by atoms with Crippen LogP contribution in [0.1, 0.15) is 11.9 Å². The van der Waals surface area contributed by atoms with E-state index >= 15 is 0 Å². The maximum absolute atomic E-state index is 12.6. The second-order valence-corrected chi connectivity index (χ2v) is 8.83. The number of carbonyl (C=O) groups is 1. The number of para-hydroxylation sites is 2. The van der Waals surface area contributed by atoms with E-state index in [9.17, 15) is 4.79 Å². The van der Waals surface area contributed by atoms with Gasteiger partial charge < -0.3 is 14.8 Å². The zero-order valence-corrected chi connectivity index (χ0v) is 19.8. The third kappa shape index (κ3) is 5.22. The molecule has 7 nitrogen and oxygen atoms in total. The summed E-state index contributed by atoms with van der Waals surface area (Å²) < 4.78 is 13.8. The van der Waals surface area contributed by atoms with Gasteiger partial charge in [0.15, 0.2) is 28.6 Å². The first kappa shape index (κ1) is 22.7. The van der Waals surface area contributed by atoms with Gasteiger partial charge >= 0.3 is 0 Å². The number of thioether (sulfide) groups is 1.